The highest BCUT2D eigenvalue weighted by Gasteiger charge is 2.43. The molecule has 2 rings (SSSR count). The zero-order chi connectivity index (χ0) is 15.9. The molecule has 0 N–H and O–H groups in total. The average Bonchev–Trinajstić information content (AvgIpc) is 2.34. The molecule has 0 spiro atoms. The monoisotopic (exact) mass is 366 g/mol. The van der Waals surface area contributed by atoms with Crippen LogP contribution in [-0.2, 0) is 17.8 Å². The fourth-order valence-corrected chi connectivity index (χ4v) is 3.53. The molecule has 1 heterocycles. The Morgan fingerprint density at radius 1 is 1.24 bits per heavy atom. The van der Waals surface area contributed by atoms with Crippen molar-refractivity contribution in [1.29, 1.82) is 0 Å². The SMILES string of the molecule is CC(C)(C)C1(C)OCc2cc(CC[Si](Cl)(Cl)Cl)ccc2O1. The van der Waals surface area contributed by atoms with Crippen molar-refractivity contribution in [2.24, 2.45) is 5.41 Å². The Bertz CT molecular complexity index is 523. The summed E-state index contributed by atoms with van der Waals surface area (Å²) in [5.41, 5.74) is 2.10. The van der Waals surface area contributed by atoms with Crippen molar-refractivity contribution in [3.8, 4) is 5.75 Å². The third kappa shape index (κ3) is 4.29. The first kappa shape index (κ1) is 17.4. The summed E-state index contributed by atoms with van der Waals surface area (Å²) >= 11 is 17.8. The number of aryl methyl sites for hydroxylation is 1. The molecule has 0 aromatic heterocycles. The van der Waals surface area contributed by atoms with Gasteiger partial charge in [0, 0.05) is 17.9 Å². The molecular formula is C15H21Cl3O2Si. The van der Waals surface area contributed by atoms with Crippen LogP contribution >= 0.6 is 33.2 Å². The normalized spacial score (nSPS) is 22.6. The van der Waals surface area contributed by atoms with Gasteiger partial charge in [0.25, 0.3) is 0 Å². The highest BCUT2D eigenvalue weighted by molar-refractivity contribution is 7.64. The molecule has 6 heteroatoms. The van der Waals surface area contributed by atoms with Crippen molar-refractivity contribution in [2.75, 3.05) is 0 Å². The minimum atomic E-state index is -2.57. The second-order valence-corrected chi connectivity index (χ2v) is 15.9. The van der Waals surface area contributed by atoms with E-state index in [1.54, 1.807) is 0 Å². The molecule has 1 unspecified atom stereocenters. The summed E-state index contributed by atoms with van der Waals surface area (Å²) in [5.74, 6) is 0.264. The van der Waals surface area contributed by atoms with E-state index in [1.807, 2.05) is 19.1 Å². The van der Waals surface area contributed by atoms with Gasteiger partial charge in [0.15, 0.2) is 0 Å². The van der Waals surface area contributed by atoms with Gasteiger partial charge in [-0.05, 0) is 30.2 Å². The fourth-order valence-electron chi connectivity index (χ4n) is 2.11. The molecule has 0 amide bonds. The van der Waals surface area contributed by atoms with E-state index in [-0.39, 0.29) is 5.41 Å². The van der Waals surface area contributed by atoms with E-state index in [0.717, 1.165) is 23.3 Å². The van der Waals surface area contributed by atoms with Gasteiger partial charge >= 0.3 is 6.00 Å². The summed E-state index contributed by atoms with van der Waals surface area (Å²) in [6.07, 6.45) is 0.770. The van der Waals surface area contributed by atoms with Crippen LogP contribution in [0.4, 0.5) is 0 Å². The lowest BCUT2D eigenvalue weighted by Crippen LogP contribution is -2.49. The standard InChI is InChI=1S/C15H21Cl3O2Si/c1-14(2,3)15(4)19-10-12-9-11(5-6-13(12)20-15)7-8-21(16,17)18/h5-6,9H,7-8,10H2,1-4H3. The molecule has 0 saturated carbocycles. The molecule has 0 saturated heterocycles. The van der Waals surface area contributed by atoms with Gasteiger partial charge in [-0.1, -0.05) is 26.8 Å². The summed E-state index contributed by atoms with van der Waals surface area (Å²) in [6, 6.07) is 4.18. The third-order valence-electron chi connectivity index (χ3n) is 3.99. The van der Waals surface area contributed by atoms with Gasteiger partial charge in [-0.15, -0.1) is 33.2 Å². The molecule has 0 aliphatic carbocycles. The predicted octanol–water partition coefficient (Wildman–Crippen LogP) is 5.56. The Balaban J connectivity index is 2.14. The van der Waals surface area contributed by atoms with E-state index in [0.29, 0.717) is 12.7 Å². The second kappa shape index (κ2) is 5.93. The molecule has 118 valence electrons. The van der Waals surface area contributed by atoms with Gasteiger partial charge in [0.2, 0.25) is 5.79 Å². The topological polar surface area (TPSA) is 18.5 Å². The van der Waals surface area contributed by atoms with Crippen molar-refractivity contribution < 1.29 is 9.47 Å². The Kier molecular flexibility index (Phi) is 4.92. The minimum absolute atomic E-state index is 0.107. The second-order valence-electron chi connectivity index (χ2n) is 6.64. The molecule has 1 atom stereocenters. The molecule has 0 bridgehead atoms. The molecule has 1 aliphatic rings. The number of ether oxygens (including phenoxy) is 2. The number of hydrogen-bond donors (Lipinski definition) is 0. The van der Waals surface area contributed by atoms with E-state index >= 15 is 0 Å². The summed E-state index contributed by atoms with van der Waals surface area (Å²) in [6.45, 7) is 8.86. The molecule has 21 heavy (non-hydrogen) atoms. The van der Waals surface area contributed by atoms with E-state index in [2.05, 4.69) is 26.8 Å². The van der Waals surface area contributed by atoms with Crippen LogP contribution in [0.1, 0.15) is 38.8 Å². The first-order valence-electron chi connectivity index (χ1n) is 7.02. The van der Waals surface area contributed by atoms with Gasteiger partial charge in [0.1, 0.15) is 5.75 Å². The average molecular weight is 368 g/mol. The van der Waals surface area contributed by atoms with Crippen LogP contribution in [0.3, 0.4) is 0 Å². The first-order chi connectivity index (χ1) is 9.50. The van der Waals surface area contributed by atoms with Gasteiger partial charge in [0.05, 0.1) is 6.61 Å². The molecule has 0 fully saturated rings. The zero-order valence-corrected chi connectivity index (χ0v) is 16.1. The van der Waals surface area contributed by atoms with E-state index in [4.69, 9.17) is 42.7 Å². The molecular weight excluding hydrogens is 347 g/mol. The maximum absolute atomic E-state index is 6.09. The van der Waals surface area contributed by atoms with Gasteiger partial charge < -0.3 is 9.47 Å². The molecule has 1 aromatic carbocycles. The minimum Gasteiger partial charge on any atom is -0.462 e. The lowest BCUT2D eigenvalue weighted by Gasteiger charge is -2.44. The Morgan fingerprint density at radius 2 is 1.90 bits per heavy atom. The largest absolute Gasteiger partial charge is 0.462 e. The lowest BCUT2D eigenvalue weighted by molar-refractivity contribution is -0.249. The Hall–Kier alpha value is 0.0669. The number of halogens is 3. The van der Waals surface area contributed by atoms with Gasteiger partial charge in [-0.25, -0.2) is 0 Å². The van der Waals surface area contributed by atoms with E-state index in [9.17, 15) is 0 Å². The molecule has 1 aromatic rings. The van der Waals surface area contributed by atoms with Crippen LogP contribution in [0, 0.1) is 5.41 Å². The van der Waals surface area contributed by atoms with Crippen LogP contribution in [-0.4, -0.2) is 11.8 Å². The quantitative estimate of drug-likeness (QED) is 0.514. The predicted molar refractivity (Wildman–Crippen MR) is 91.5 cm³/mol. The maximum atomic E-state index is 6.09. The number of fused-ring (bicyclic) bond motifs is 1. The summed E-state index contributed by atoms with van der Waals surface area (Å²) in [4.78, 5) is 0. The number of rotatable bonds is 3. The van der Waals surface area contributed by atoms with Crippen molar-refractivity contribution in [2.45, 2.75) is 52.6 Å². The molecule has 1 aliphatic heterocycles. The van der Waals surface area contributed by atoms with Crippen LogP contribution in [0.15, 0.2) is 18.2 Å². The number of benzene rings is 1. The summed E-state index contributed by atoms with van der Waals surface area (Å²) < 4.78 is 12.1. The maximum Gasteiger partial charge on any atom is 0.341 e. The lowest BCUT2D eigenvalue weighted by atomic mass is 9.85. The molecule has 2 nitrogen and oxygen atoms in total. The Morgan fingerprint density at radius 3 is 2.48 bits per heavy atom. The van der Waals surface area contributed by atoms with Crippen molar-refractivity contribution in [3.63, 3.8) is 0 Å². The highest BCUT2D eigenvalue weighted by atomic mass is 35.8. The van der Waals surface area contributed by atoms with Crippen molar-refractivity contribution in [3.05, 3.63) is 29.3 Å². The highest BCUT2D eigenvalue weighted by Crippen LogP contribution is 2.41. The summed E-state index contributed by atoms with van der Waals surface area (Å²) in [7, 11) is 0. The third-order valence-corrected chi connectivity index (χ3v) is 6.51. The van der Waals surface area contributed by atoms with Gasteiger partial charge in [-0.3, -0.25) is 0 Å². The number of hydrogen-bond acceptors (Lipinski definition) is 2. The smallest absolute Gasteiger partial charge is 0.341 e. The van der Waals surface area contributed by atoms with Gasteiger partial charge in [-0.2, -0.15) is 0 Å². The van der Waals surface area contributed by atoms with Crippen LogP contribution < -0.4 is 4.74 Å². The fraction of sp³-hybridized carbons (Fsp3) is 0.600. The van der Waals surface area contributed by atoms with Crippen molar-refractivity contribution >= 4 is 39.2 Å². The van der Waals surface area contributed by atoms with Crippen LogP contribution in [0.2, 0.25) is 6.04 Å². The first-order valence-corrected chi connectivity index (χ1v) is 12.3. The van der Waals surface area contributed by atoms with E-state index in [1.165, 1.54) is 0 Å². The summed E-state index contributed by atoms with van der Waals surface area (Å²) in [5, 5.41) is 0. The molecule has 0 radical (unpaired) electrons. The Labute approximate surface area is 141 Å². The van der Waals surface area contributed by atoms with Crippen LogP contribution in [0.5, 0.6) is 5.75 Å². The van der Waals surface area contributed by atoms with E-state index < -0.39 is 11.8 Å². The zero-order valence-electron chi connectivity index (χ0n) is 12.8. The van der Waals surface area contributed by atoms with Crippen LogP contribution in [0.25, 0.3) is 0 Å². The van der Waals surface area contributed by atoms with Crippen molar-refractivity contribution in [1.82, 2.24) is 0 Å².